The quantitative estimate of drug-likeness (QED) is 0.432. The predicted molar refractivity (Wildman–Crippen MR) is 57.5 cm³/mol. The van der Waals surface area contributed by atoms with Crippen LogP contribution in [-0.4, -0.2) is 41.3 Å². The first-order valence-electron chi connectivity index (χ1n) is 4.84. The van der Waals surface area contributed by atoms with E-state index in [4.69, 9.17) is 0 Å². The van der Waals surface area contributed by atoms with E-state index in [9.17, 15) is 9.59 Å². The van der Waals surface area contributed by atoms with Crippen LogP contribution in [0.3, 0.4) is 0 Å². The fourth-order valence-corrected chi connectivity index (χ4v) is 2.57. The van der Waals surface area contributed by atoms with Crippen molar-refractivity contribution in [3.63, 3.8) is 0 Å². The van der Waals surface area contributed by atoms with Gasteiger partial charge in [0.15, 0.2) is 0 Å². The van der Waals surface area contributed by atoms with Crippen LogP contribution in [0.15, 0.2) is 12.2 Å². The highest BCUT2D eigenvalue weighted by Gasteiger charge is 2.42. The van der Waals surface area contributed by atoms with Crippen LogP contribution in [-0.2, 0) is 14.3 Å². The largest absolute Gasteiger partial charge is 0.468 e. The van der Waals surface area contributed by atoms with Gasteiger partial charge in [0.1, 0.15) is 4.83 Å². The van der Waals surface area contributed by atoms with E-state index in [1.807, 2.05) is 12.2 Å². The first-order chi connectivity index (χ1) is 7.13. The monoisotopic (exact) mass is 273 g/mol. The highest BCUT2D eigenvalue weighted by atomic mass is 79.9. The molecule has 1 saturated heterocycles. The first kappa shape index (κ1) is 10.7. The minimum Gasteiger partial charge on any atom is -0.468 e. The Hall–Kier alpha value is -0.840. The molecule has 0 aromatic rings. The lowest BCUT2D eigenvalue weighted by atomic mass is 10.1. The molecule has 1 fully saturated rings. The topological polar surface area (TPSA) is 46.6 Å². The molecule has 4 nitrogen and oxygen atoms in total. The summed E-state index contributed by atoms with van der Waals surface area (Å²) >= 11 is 3.22. The summed E-state index contributed by atoms with van der Waals surface area (Å²) in [7, 11) is 1.34. The third-order valence-corrected chi connectivity index (χ3v) is 3.54. The molecule has 0 aromatic heterocycles. The Morgan fingerprint density at radius 1 is 1.73 bits per heavy atom. The second-order valence-electron chi connectivity index (χ2n) is 3.78. The minimum atomic E-state index is -0.431. The zero-order valence-corrected chi connectivity index (χ0v) is 9.94. The van der Waals surface area contributed by atoms with E-state index in [0.29, 0.717) is 6.54 Å². The van der Waals surface area contributed by atoms with Gasteiger partial charge in [-0.25, -0.2) is 0 Å². The van der Waals surface area contributed by atoms with Crippen molar-refractivity contribution in [2.45, 2.75) is 17.3 Å². The number of nitrogens with zero attached hydrogens (tertiary/aromatic N) is 1. The zero-order chi connectivity index (χ0) is 11.0. The third kappa shape index (κ3) is 1.80. The van der Waals surface area contributed by atoms with Crippen molar-refractivity contribution in [1.29, 1.82) is 0 Å². The van der Waals surface area contributed by atoms with Crippen LogP contribution in [0.4, 0.5) is 0 Å². The van der Waals surface area contributed by atoms with Gasteiger partial charge >= 0.3 is 5.97 Å². The Bertz CT molecular complexity index is 329. The molecule has 5 heteroatoms. The SMILES string of the molecule is COC(=O)C(Br)CN1C(=O)C2C=CC1C2. The smallest absolute Gasteiger partial charge is 0.321 e. The van der Waals surface area contributed by atoms with Crippen molar-refractivity contribution < 1.29 is 14.3 Å². The third-order valence-electron chi connectivity index (χ3n) is 2.88. The Morgan fingerprint density at radius 3 is 3.00 bits per heavy atom. The lowest BCUT2D eigenvalue weighted by molar-refractivity contribution is -0.140. The molecule has 0 spiro atoms. The number of carbonyl (C=O) groups is 2. The lowest BCUT2D eigenvalue weighted by Crippen LogP contribution is -2.41. The van der Waals surface area contributed by atoms with E-state index in [-0.39, 0.29) is 23.8 Å². The zero-order valence-electron chi connectivity index (χ0n) is 8.35. The fraction of sp³-hybridized carbons (Fsp3) is 0.600. The van der Waals surface area contributed by atoms with E-state index in [0.717, 1.165) is 6.42 Å². The van der Waals surface area contributed by atoms with E-state index in [2.05, 4.69) is 20.7 Å². The number of likely N-dealkylation sites (tertiary alicyclic amines) is 1. The summed E-state index contributed by atoms with van der Waals surface area (Å²) < 4.78 is 4.60. The number of carbonyl (C=O) groups excluding carboxylic acids is 2. The first-order valence-corrected chi connectivity index (χ1v) is 5.75. The summed E-state index contributed by atoms with van der Waals surface area (Å²) in [5.41, 5.74) is 0. The van der Waals surface area contributed by atoms with Crippen molar-refractivity contribution in [3.05, 3.63) is 12.2 Å². The molecule has 2 aliphatic rings. The molecular weight excluding hydrogens is 262 g/mol. The molecule has 0 aromatic carbocycles. The molecule has 82 valence electrons. The van der Waals surface area contributed by atoms with E-state index >= 15 is 0 Å². The number of fused-ring (bicyclic) bond motifs is 2. The average Bonchev–Trinajstić information content (AvgIpc) is 2.80. The molecule has 2 rings (SSSR count). The summed E-state index contributed by atoms with van der Waals surface area (Å²) in [6, 6.07) is 0.173. The number of rotatable bonds is 3. The number of hydrogen-bond donors (Lipinski definition) is 0. The summed E-state index contributed by atoms with van der Waals surface area (Å²) in [6.07, 6.45) is 4.84. The molecule has 1 aliphatic carbocycles. The van der Waals surface area contributed by atoms with Crippen molar-refractivity contribution in [2.24, 2.45) is 5.92 Å². The molecule has 1 heterocycles. The number of alkyl halides is 1. The van der Waals surface area contributed by atoms with Gasteiger partial charge in [-0.05, 0) is 6.42 Å². The van der Waals surface area contributed by atoms with Crippen molar-refractivity contribution in [2.75, 3.05) is 13.7 Å². The number of hydrogen-bond acceptors (Lipinski definition) is 3. The number of halogens is 1. The molecular formula is C10H12BrNO3. The number of esters is 1. The van der Waals surface area contributed by atoms with Gasteiger partial charge in [0.05, 0.1) is 19.1 Å². The summed E-state index contributed by atoms with van der Waals surface area (Å²) in [4.78, 5) is 24.2. The van der Waals surface area contributed by atoms with Crippen LogP contribution >= 0.6 is 15.9 Å². The number of ether oxygens (including phenoxy) is 1. The van der Waals surface area contributed by atoms with Gasteiger partial charge in [-0.1, -0.05) is 28.1 Å². The van der Waals surface area contributed by atoms with E-state index < -0.39 is 4.83 Å². The molecule has 3 unspecified atom stereocenters. The van der Waals surface area contributed by atoms with Crippen molar-refractivity contribution in [3.8, 4) is 0 Å². The molecule has 1 amide bonds. The van der Waals surface area contributed by atoms with Crippen LogP contribution in [0, 0.1) is 5.92 Å². The molecule has 15 heavy (non-hydrogen) atoms. The molecule has 0 saturated carbocycles. The fourth-order valence-electron chi connectivity index (χ4n) is 2.07. The minimum absolute atomic E-state index is 0.0346. The van der Waals surface area contributed by atoms with Gasteiger partial charge in [-0.3, -0.25) is 9.59 Å². The van der Waals surface area contributed by atoms with Gasteiger partial charge in [-0.15, -0.1) is 0 Å². The lowest BCUT2D eigenvalue weighted by Gasteiger charge is -2.25. The molecule has 3 atom stereocenters. The molecule has 1 aliphatic heterocycles. The maximum atomic E-state index is 11.7. The van der Waals surface area contributed by atoms with Crippen LogP contribution in [0.2, 0.25) is 0 Å². The Labute approximate surface area is 96.4 Å². The van der Waals surface area contributed by atoms with Crippen molar-refractivity contribution in [1.82, 2.24) is 4.90 Å². The summed E-state index contributed by atoms with van der Waals surface area (Å²) in [6.45, 7) is 0.386. The normalized spacial score (nSPS) is 29.7. The molecule has 0 radical (unpaired) electrons. The van der Waals surface area contributed by atoms with Gasteiger partial charge in [0.2, 0.25) is 5.91 Å². The van der Waals surface area contributed by atoms with Crippen molar-refractivity contribution >= 4 is 27.8 Å². The molecule has 2 bridgehead atoms. The second kappa shape index (κ2) is 3.96. The van der Waals surface area contributed by atoms with E-state index in [1.54, 1.807) is 4.90 Å². The number of amides is 1. The van der Waals surface area contributed by atoms with Gasteiger partial charge in [0, 0.05) is 6.54 Å². The van der Waals surface area contributed by atoms with Crippen LogP contribution in [0.25, 0.3) is 0 Å². The summed E-state index contributed by atoms with van der Waals surface area (Å²) in [5.74, 6) is -0.183. The van der Waals surface area contributed by atoms with Gasteiger partial charge < -0.3 is 9.64 Å². The highest BCUT2D eigenvalue weighted by molar-refractivity contribution is 9.10. The summed E-state index contributed by atoms with van der Waals surface area (Å²) in [5, 5.41) is 0. The highest BCUT2D eigenvalue weighted by Crippen LogP contribution is 2.33. The van der Waals surface area contributed by atoms with Crippen LogP contribution in [0.1, 0.15) is 6.42 Å². The van der Waals surface area contributed by atoms with E-state index in [1.165, 1.54) is 7.11 Å². The number of methoxy groups -OCH3 is 1. The molecule has 0 N–H and O–H groups in total. The Kier molecular flexibility index (Phi) is 2.82. The standard InChI is InChI=1S/C10H12BrNO3/c1-15-10(14)8(11)5-12-7-3-2-6(4-7)9(12)13/h2-3,6-8H,4-5H2,1H3. The van der Waals surface area contributed by atoms with Gasteiger partial charge in [-0.2, -0.15) is 0 Å². The Morgan fingerprint density at radius 2 is 2.47 bits per heavy atom. The second-order valence-corrected chi connectivity index (χ2v) is 4.88. The predicted octanol–water partition coefficient (Wildman–Crippen LogP) is 0.710. The Balaban J connectivity index is 1.99. The maximum Gasteiger partial charge on any atom is 0.321 e. The maximum absolute atomic E-state index is 11.7. The van der Waals surface area contributed by atoms with Crippen LogP contribution in [0.5, 0.6) is 0 Å². The van der Waals surface area contributed by atoms with Gasteiger partial charge in [0.25, 0.3) is 0 Å². The van der Waals surface area contributed by atoms with Crippen LogP contribution < -0.4 is 0 Å². The average molecular weight is 274 g/mol.